The highest BCUT2D eigenvalue weighted by Crippen LogP contribution is 2.22. The Kier molecular flexibility index (Phi) is 5.90. The fourth-order valence-electron chi connectivity index (χ4n) is 3.59. The number of aromatic nitrogens is 4. The van der Waals surface area contributed by atoms with Crippen LogP contribution < -0.4 is 5.56 Å². The Morgan fingerprint density at radius 3 is 2.82 bits per heavy atom. The number of nitrogens with zero attached hydrogens (tertiary/aromatic N) is 5. The summed E-state index contributed by atoms with van der Waals surface area (Å²) in [6.07, 6.45) is 6.52. The van der Waals surface area contributed by atoms with E-state index >= 15 is 0 Å². The van der Waals surface area contributed by atoms with Crippen LogP contribution in [0, 0.1) is 5.92 Å². The maximum atomic E-state index is 12.5. The molecule has 28 heavy (non-hydrogen) atoms. The topological polar surface area (TPSA) is 84.1 Å². The molecule has 4 heterocycles. The van der Waals surface area contributed by atoms with Gasteiger partial charge < -0.3 is 10.0 Å². The molecule has 3 aromatic heterocycles. The smallest absolute Gasteiger partial charge is 0.253 e. The minimum absolute atomic E-state index is 0.0322. The van der Waals surface area contributed by atoms with E-state index in [1.807, 2.05) is 17.5 Å². The summed E-state index contributed by atoms with van der Waals surface area (Å²) in [4.78, 5) is 27.4. The third-order valence-electron chi connectivity index (χ3n) is 5.22. The van der Waals surface area contributed by atoms with Gasteiger partial charge in [0.1, 0.15) is 6.10 Å². The van der Waals surface area contributed by atoms with Crippen LogP contribution in [0.15, 0.2) is 52.6 Å². The lowest BCUT2D eigenvalue weighted by Crippen LogP contribution is -2.38. The Hall–Kier alpha value is -2.42. The van der Waals surface area contributed by atoms with E-state index in [1.165, 1.54) is 11.3 Å². The predicted octanol–water partition coefficient (Wildman–Crippen LogP) is 2.21. The van der Waals surface area contributed by atoms with Crippen LogP contribution in [0.5, 0.6) is 0 Å². The van der Waals surface area contributed by atoms with Gasteiger partial charge >= 0.3 is 0 Å². The number of hydrogen-bond acceptors (Lipinski definition) is 7. The first kappa shape index (κ1) is 18.9. The molecule has 0 spiro atoms. The number of β-amino-alcohol motifs (C(OH)–C–C–N with tert-alkyl or cyclic N) is 1. The largest absolute Gasteiger partial charge is 0.385 e. The molecule has 8 heteroatoms. The summed E-state index contributed by atoms with van der Waals surface area (Å²) in [7, 11) is 0. The minimum atomic E-state index is -0.533. The average Bonchev–Trinajstić information content (AvgIpc) is 3.27. The van der Waals surface area contributed by atoms with Crippen molar-refractivity contribution in [2.45, 2.75) is 25.5 Å². The average molecular weight is 398 g/mol. The van der Waals surface area contributed by atoms with Gasteiger partial charge in [0.25, 0.3) is 5.56 Å². The monoisotopic (exact) mass is 397 g/mol. The van der Waals surface area contributed by atoms with E-state index in [0.29, 0.717) is 24.7 Å². The van der Waals surface area contributed by atoms with E-state index in [2.05, 4.69) is 19.9 Å². The molecule has 146 valence electrons. The molecule has 4 rings (SSSR count). The molecule has 0 radical (unpaired) electrons. The van der Waals surface area contributed by atoms with Crippen LogP contribution in [-0.4, -0.2) is 49.2 Å². The highest BCUT2D eigenvalue weighted by atomic mass is 32.1. The van der Waals surface area contributed by atoms with Gasteiger partial charge in [-0.1, -0.05) is 0 Å². The van der Waals surface area contributed by atoms with Crippen LogP contribution in [0.25, 0.3) is 11.3 Å². The Morgan fingerprint density at radius 2 is 2.14 bits per heavy atom. The zero-order valence-corrected chi connectivity index (χ0v) is 16.3. The zero-order chi connectivity index (χ0) is 19.3. The summed E-state index contributed by atoms with van der Waals surface area (Å²) in [5, 5.41) is 12.2. The second kappa shape index (κ2) is 8.72. The van der Waals surface area contributed by atoms with Gasteiger partial charge in [-0.15, -0.1) is 11.3 Å². The van der Waals surface area contributed by atoms with Crippen LogP contribution in [0.1, 0.15) is 24.6 Å². The number of likely N-dealkylation sites (tertiary alicyclic amines) is 1. The van der Waals surface area contributed by atoms with Gasteiger partial charge in [0, 0.05) is 42.5 Å². The van der Waals surface area contributed by atoms with Crippen molar-refractivity contribution >= 4 is 11.3 Å². The van der Waals surface area contributed by atoms with Crippen LogP contribution in [0.2, 0.25) is 0 Å². The summed E-state index contributed by atoms with van der Waals surface area (Å²) in [6.45, 7) is 3.13. The summed E-state index contributed by atoms with van der Waals surface area (Å²) < 4.78 is 1.70. The number of rotatable bonds is 6. The highest BCUT2D eigenvalue weighted by molar-refractivity contribution is 7.07. The van der Waals surface area contributed by atoms with E-state index in [4.69, 9.17) is 0 Å². The normalized spacial score (nSPS) is 16.9. The van der Waals surface area contributed by atoms with Crippen LogP contribution in [0.3, 0.4) is 0 Å². The van der Waals surface area contributed by atoms with Crippen LogP contribution >= 0.6 is 11.3 Å². The summed E-state index contributed by atoms with van der Waals surface area (Å²) in [5.74, 6) is 0.441. The van der Waals surface area contributed by atoms with E-state index in [0.717, 1.165) is 37.2 Å². The van der Waals surface area contributed by atoms with E-state index in [1.54, 1.807) is 34.9 Å². The minimum Gasteiger partial charge on any atom is -0.385 e. The molecule has 1 N–H and O–H groups in total. The lowest BCUT2D eigenvalue weighted by atomic mass is 9.96. The van der Waals surface area contributed by atoms with Crippen molar-refractivity contribution in [3.8, 4) is 11.3 Å². The van der Waals surface area contributed by atoms with Crippen LogP contribution in [0.4, 0.5) is 0 Å². The first-order chi connectivity index (χ1) is 13.7. The molecule has 0 aliphatic carbocycles. The van der Waals surface area contributed by atoms with Crippen molar-refractivity contribution in [2.24, 2.45) is 5.92 Å². The second-order valence-corrected chi connectivity index (χ2v) is 7.90. The van der Waals surface area contributed by atoms with Gasteiger partial charge in [-0.2, -0.15) is 0 Å². The number of hydrogen-bond donors (Lipinski definition) is 1. The molecule has 3 aromatic rings. The third kappa shape index (κ3) is 4.52. The van der Waals surface area contributed by atoms with Crippen molar-refractivity contribution < 1.29 is 5.11 Å². The molecule has 0 saturated carbocycles. The maximum absolute atomic E-state index is 12.5. The number of piperidine rings is 1. The first-order valence-corrected chi connectivity index (χ1v) is 10.4. The van der Waals surface area contributed by atoms with Gasteiger partial charge in [0.15, 0.2) is 0 Å². The molecule has 1 aliphatic rings. The van der Waals surface area contributed by atoms with Gasteiger partial charge in [-0.3, -0.25) is 14.3 Å². The molecular weight excluding hydrogens is 374 g/mol. The number of pyridine rings is 1. The maximum Gasteiger partial charge on any atom is 0.253 e. The molecule has 0 aromatic carbocycles. The SMILES string of the molecule is O=c1cc(-c2cccnc2)ncn1CC1CCN(CC(O)c2cscn2)CC1. The summed E-state index contributed by atoms with van der Waals surface area (Å²) >= 11 is 1.50. The van der Waals surface area contributed by atoms with Gasteiger partial charge in [-0.05, 0) is 44.0 Å². The Balaban J connectivity index is 1.32. The third-order valence-corrected chi connectivity index (χ3v) is 5.83. The van der Waals surface area contributed by atoms with E-state index in [-0.39, 0.29) is 5.56 Å². The highest BCUT2D eigenvalue weighted by Gasteiger charge is 2.22. The second-order valence-electron chi connectivity index (χ2n) is 7.18. The molecule has 1 fully saturated rings. The van der Waals surface area contributed by atoms with Crippen molar-refractivity contribution in [1.82, 2.24) is 24.4 Å². The fraction of sp³-hybridized carbons (Fsp3) is 0.400. The zero-order valence-electron chi connectivity index (χ0n) is 15.5. The van der Waals surface area contributed by atoms with Crippen LogP contribution in [-0.2, 0) is 6.54 Å². The molecule has 1 atom stereocenters. The lowest BCUT2D eigenvalue weighted by molar-refractivity contribution is 0.0843. The summed E-state index contributed by atoms with van der Waals surface area (Å²) in [5.41, 5.74) is 3.96. The van der Waals surface area contributed by atoms with Crippen molar-refractivity contribution in [3.63, 3.8) is 0 Å². The number of thiazole rings is 1. The number of aliphatic hydroxyl groups excluding tert-OH is 1. The standard InChI is InChI=1S/C20H23N5O2S/c26-19(18-12-28-14-23-18)11-24-6-3-15(4-7-24)10-25-13-22-17(8-20(25)27)16-2-1-5-21-9-16/h1-2,5,8-9,12-15,19,26H,3-4,6-7,10-11H2. The molecule has 1 saturated heterocycles. The van der Waals surface area contributed by atoms with Crippen molar-refractivity contribution in [1.29, 1.82) is 0 Å². The predicted molar refractivity (Wildman–Crippen MR) is 108 cm³/mol. The Morgan fingerprint density at radius 1 is 1.29 bits per heavy atom. The molecule has 0 amide bonds. The lowest BCUT2D eigenvalue weighted by Gasteiger charge is -2.33. The van der Waals surface area contributed by atoms with Crippen molar-refractivity contribution in [3.05, 3.63) is 63.9 Å². The molecule has 7 nitrogen and oxygen atoms in total. The Labute approximate surface area is 167 Å². The van der Waals surface area contributed by atoms with E-state index < -0.39 is 6.10 Å². The Bertz CT molecular complexity index is 937. The molecular formula is C20H23N5O2S. The van der Waals surface area contributed by atoms with Gasteiger partial charge in [0.05, 0.1) is 23.2 Å². The van der Waals surface area contributed by atoms with Gasteiger partial charge in [-0.25, -0.2) is 9.97 Å². The van der Waals surface area contributed by atoms with E-state index in [9.17, 15) is 9.90 Å². The molecule has 1 aliphatic heterocycles. The molecule has 0 bridgehead atoms. The molecule has 1 unspecified atom stereocenters. The van der Waals surface area contributed by atoms with Gasteiger partial charge in [0.2, 0.25) is 0 Å². The first-order valence-electron chi connectivity index (χ1n) is 9.44. The number of aliphatic hydroxyl groups is 1. The van der Waals surface area contributed by atoms with Crippen molar-refractivity contribution in [2.75, 3.05) is 19.6 Å². The quantitative estimate of drug-likeness (QED) is 0.687. The fourth-order valence-corrected chi connectivity index (χ4v) is 4.19. The summed E-state index contributed by atoms with van der Waals surface area (Å²) in [6, 6.07) is 5.31.